The molecule has 0 aromatic rings. The lowest BCUT2D eigenvalue weighted by molar-refractivity contribution is -0.152. The third-order valence-corrected chi connectivity index (χ3v) is 2.78. The second-order valence-electron chi connectivity index (χ2n) is 3.54. The van der Waals surface area contributed by atoms with Crippen LogP contribution in [0, 0.1) is 11.8 Å². The van der Waals surface area contributed by atoms with Crippen molar-refractivity contribution in [3.05, 3.63) is 0 Å². The second-order valence-corrected chi connectivity index (χ2v) is 3.54. The van der Waals surface area contributed by atoms with E-state index in [1.54, 1.807) is 0 Å². The first-order valence-electron chi connectivity index (χ1n) is 4.09. The van der Waals surface area contributed by atoms with Crippen molar-refractivity contribution in [2.45, 2.75) is 25.4 Å². The van der Waals surface area contributed by atoms with Crippen LogP contribution in [-0.2, 0) is 9.53 Å². The summed E-state index contributed by atoms with van der Waals surface area (Å²) in [5.74, 6) is 0.242. The van der Waals surface area contributed by atoms with Crippen LogP contribution < -0.4 is 0 Å². The molecule has 1 N–H and O–H groups in total. The van der Waals surface area contributed by atoms with E-state index in [2.05, 4.69) is 0 Å². The first-order chi connectivity index (χ1) is 5.25. The third kappa shape index (κ3) is 1.25. The molecular weight excluding hydrogens is 144 g/mol. The van der Waals surface area contributed by atoms with E-state index in [1.165, 1.54) is 0 Å². The molecular formula is C8H12O3. The minimum absolute atomic E-state index is 0.289. The summed E-state index contributed by atoms with van der Waals surface area (Å²) in [6.07, 6.45) is 2.94. The standard InChI is InChI=1S/C8H12O3/c9-8(10)3-6-4-11-7-1-5(6)2-7/h5-7H,1-4H2,(H,9,10). The second kappa shape index (κ2) is 2.48. The summed E-state index contributed by atoms with van der Waals surface area (Å²) in [4.78, 5) is 10.4. The molecule has 0 spiro atoms. The molecule has 2 aliphatic heterocycles. The van der Waals surface area contributed by atoms with Crippen LogP contribution in [0.1, 0.15) is 19.3 Å². The highest BCUT2D eigenvalue weighted by atomic mass is 16.5. The lowest BCUT2D eigenvalue weighted by Gasteiger charge is -2.45. The molecule has 0 radical (unpaired) electrons. The van der Waals surface area contributed by atoms with Crippen molar-refractivity contribution < 1.29 is 14.6 Å². The van der Waals surface area contributed by atoms with E-state index in [0.717, 1.165) is 12.8 Å². The van der Waals surface area contributed by atoms with Crippen molar-refractivity contribution >= 4 is 5.97 Å². The van der Waals surface area contributed by atoms with Crippen molar-refractivity contribution in [3.63, 3.8) is 0 Å². The van der Waals surface area contributed by atoms with Gasteiger partial charge in [0.1, 0.15) is 0 Å². The number of rotatable bonds is 2. The van der Waals surface area contributed by atoms with Gasteiger partial charge in [0, 0.05) is 0 Å². The predicted octanol–water partition coefficient (Wildman–Crippen LogP) is 0.886. The van der Waals surface area contributed by atoms with E-state index in [9.17, 15) is 4.79 Å². The van der Waals surface area contributed by atoms with E-state index < -0.39 is 5.97 Å². The first-order valence-corrected chi connectivity index (χ1v) is 4.09. The molecule has 3 nitrogen and oxygen atoms in total. The molecule has 3 aliphatic rings. The molecule has 3 heteroatoms. The number of carboxylic acids is 1. The fourth-order valence-electron chi connectivity index (χ4n) is 1.97. The van der Waals surface area contributed by atoms with Gasteiger partial charge in [-0.05, 0) is 24.7 Å². The van der Waals surface area contributed by atoms with Crippen LogP contribution in [0.5, 0.6) is 0 Å². The normalized spacial score (nSPS) is 41.3. The average Bonchev–Trinajstić information content (AvgIpc) is 1.83. The highest BCUT2D eigenvalue weighted by molar-refractivity contribution is 5.67. The van der Waals surface area contributed by atoms with Crippen molar-refractivity contribution in [2.24, 2.45) is 11.8 Å². The smallest absolute Gasteiger partial charge is 0.303 e. The largest absolute Gasteiger partial charge is 0.481 e. The van der Waals surface area contributed by atoms with Crippen LogP contribution in [0.15, 0.2) is 0 Å². The van der Waals surface area contributed by atoms with Crippen LogP contribution in [0.4, 0.5) is 0 Å². The summed E-state index contributed by atoms with van der Waals surface area (Å²) < 4.78 is 5.39. The highest BCUT2D eigenvalue weighted by Crippen LogP contribution is 2.42. The summed E-state index contributed by atoms with van der Waals surface area (Å²) in [6.45, 7) is 0.668. The van der Waals surface area contributed by atoms with Gasteiger partial charge in [-0.2, -0.15) is 0 Å². The van der Waals surface area contributed by atoms with Gasteiger partial charge < -0.3 is 9.84 Å². The Balaban J connectivity index is 1.88. The SMILES string of the molecule is O=C(O)CC1COC2CC1C2. The zero-order valence-corrected chi connectivity index (χ0v) is 6.32. The Morgan fingerprint density at radius 2 is 2.27 bits per heavy atom. The number of carbonyl (C=O) groups is 1. The fraction of sp³-hybridized carbons (Fsp3) is 0.875. The maximum Gasteiger partial charge on any atom is 0.303 e. The van der Waals surface area contributed by atoms with E-state index in [0.29, 0.717) is 18.6 Å². The minimum Gasteiger partial charge on any atom is -0.481 e. The van der Waals surface area contributed by atoms with Crippen LogP contribution in [0.25, 0.3) is 0 Å². The van der Waals surface area contributed by atoms with Crippen molar-refractivity contribution in [2.75, 3.05) is 6.61 Å². The lowest BCUT2D eigenvalue weighted by atomic mass is 9.70. The Kier molecular flexibility index (Phi) is 1.60. The number of hydrogen-bond acceptors (Lipinski definition) is 2. The zero-order valence-electron chi connectivity index (χ0n) is 6.32. The molecule has 0 aromatic heterocycles. The number of fused-ring (bicyclic) bond motifs is 2. The van der Waals surface area contributed by atoms with E-state index >= 15 is 0 Å². The quantitative estimate of drug-likeness (QED) is 0.645. The van der Waals surface area contributed by atoms with Gasteiger partial charge in [0.2, 0.25) is 0 Å². The van der Waals surface area contributed by atoms with Crippen LogP contribution >= 0.6 is 0 Å². The summed E-state index contributed by atoms with van der Waals surface area (Å²) in [5, 5.41) is 8.55. The number of carboxylic acid groups (broad SMARTS) is 1. The molecule has 1 unspecified atom stereocenters. The van der Waals surface area contributed by atoms with Crippen LogP contribution in [0.2, 0.25) is 0 Å². The number of aliphatic carboxylic acids is 1. The molecule has 1 saturated carbocycles. The molecule has 0 amide bonds. The Morgan fingerprint density at radius 3 is 2.73 bits per heavy atom. The van der Waals surface area contributed by atoms with Gasteiger partial charge in [-0.15, -0.1) is 0 Å². The summed E-state index contributed by atoms with van der Waals surface area (Å²) in [6, 6.07) is 0. The Morgan fingerprint density at radius 1 is 1.55 bits per heavy atom. The maximum atomic E-state index is 10.4. The maximum absolute atomic E-state index is 10.4. The third-order valence-electron chi connectivity index (χ3n) is 2.78. The molecule has 2 heterocycles. The molecule has 1 aliphatic carbocycles. The summed E-state index contributed by atoms with van der Waals surface area (Å²) >= 11 is 0. The van der Waals surface area contributed by atoms with Crippen molar-refractivity contribution in [1.82, 2.24) is 0 Å². The van der Waals surface area contributed by atoms with Gasteiger partial charge in [0.15, 0.2) is 0 Å². The van der Waals surface area contributed by atoms with Gasteiger partial charge in [-0.25, -0.2) is 0 Å². The molecule has 3 fully saturated rings. The van der Waals surface area contributed by atoms with Gasteiger partial charge >= 0.3 is 5.97 Å². The van der Waals surface area contributed by atoms with E-state index in [1.807, 2.05) is 0 Å². The highest BCUT2D eigenvalue weighted by Gasteiger charge is 2.41. The molecule has 3 rings (SSSR count). The predicted molar refractivity (Wildman–Crippen MR) is 38.2 cm³/mol. The minimum atomic E-state index is -0.691. The average molecular weight is 156 g/mol. The molecule has 2 saturated heterocycles. The molecule has 0 aromatic carbocycles. The molecule has 62 valence electrons. The van der Waals surface area contributed by atoms with Gasteiger partial charge in [-0.1, -0.05) is 0 Å². The van der Waals surface area contributed by atoms with Gasteiger partial charge in [-0.3, -0.25) is 4.79 Å². The van der Waals surface area contributed by atoms with Gasteiger partial charge in [0.05, 0.1) is 19.1 Å². The van der Waals surface area contributed by atoms with Crippen molar-refractivity contribution in [3.8, 4) is 0 Å². The number of hydrogen-bond donors (Lipinski definition) is 1. The zero-order chi connectivity index (χ0) is 7.84. The summed E-state index contributed by atoms with van der Waals surface area (Å²) in [7, 11) is 0. The Bertz CT molecular complexity index is 169. The Labute approximate surface area is 65.4 Å². The van der Waals surface area contributed by atoms with Crippen molar-refractivity contribution in [1.29, 1.82) is 0 Å². The fourth-order valence-corrected chi connectivity index (χ4v) is 1.97. The van der Waals surface area contributed by atoms with Gasteiger partial charge in [0.25, 0.3) is 0 Å². The monoisotopic (exact) mass is 156 g/mol. The number of ether oxygens (including phenoxy) is 1. The Hall–Kier alpha value is -0.570. The molecule has 1 atom stereocenters. The van der Waals surface area contributed by atoms with E-state index in [-0.39, 0.29) is 12.3 Å². The topological polar surface area (TPSA) is 46.5 Å². The van der Waals surface area contributed by atoms with Crippen LogP contribution in [-0.4, -0.2) is 23.8 Å². The molecule has 2 bridgehead atoms. The van der Waals surface area contributed by atoms with Crippen LogP contribution in [0.3, 0.4) is 0 Å². The summed E-state index contributed by atoms with van der Waals surface area (Å²) in [5.41, 5.74) is 0. The lowest BCUT2D eigenvalue weighted by Crippen LogP contribution is -2.45. The molecule has 11 heavy (non-hydrogen) atoms. The first kappa shape index (κ1) is 7.10. The van der Waals surface area contributed by atoms with E-state index in [4.69, 9.17) is 9.84 Å².